The number of nitrogens with one attached hydrogen (secondary N) is 2. The average Bonchev–Trinajstić information content (AvgIpc) is 3.61. The SMILES string of the molecule is Cc1ccc(C(C(=O)Nc2ccccc2C)N(C(=O)C(CS)NC(=O)OC(C)(C)C)C2CC2)cc1. The lowest BCUT2D eigenvalue weighted by molar-refractivity contribution is -0.141. The number of anilines is 1. The minimum atomic E-state index is -0.937. The average molecular weight is 498 g/mol. The second-order valence-electron chi connectivity index (χ2n) is 9.98. The molecule has 2 atom stereocenters. The van der Waals surface area contributed by atoms with Crippen LogP contribution in [0.5, 0.6) is 0 Å². The van der Waals surface area contributed by atoms with Crippen molar-refractivity contribution in [3.05, 3.63) is 65.2 Å². The summed E-state index contributed by atoms with van der Waals surface area (Å²) in [7, 11) is 0. The molecule has 0 radical (unpaired) electrons. The summed E-state index contributed by atoms with van der Waals surface area (Å²) in [6.07, 6.45) is 0.881. The number of alkyl carbamates (subject to hydrolysis) is 1. The number of hydrogen-bond acceptors (Lipinski definition) is 5. The Kier molecular flexibility index (Phi) is 8.48. The number of para-hydroxylation sites is 1. The smallest absolute Gasteiger partial charge is 0.408 e. The predicted octanol–water partition coefficient (Wildman–Crippen LogP) is 4.80. The highest BCUT2D eigenvalue weighted by atomic mass is 32.1. The van der Waals surface area contributed by atoms with Crippen molar-refractivity contribution in [1.29, 1.82) is 0 Å². The molecule has 0 heterocycles. The van der Waals surface area contributed by atoms with E-state index in [1.165, 1.54) is 0 Å². The molecule has 3 amide bonds. The van der Waals surface area contributed by atoms with Crippen LogP contribution in [-0.4, -0.2) is 46.2 Å². The number of aryl methyl sites for hydroxylation is 2. The molecule has 1 saturated carbocycles. The Hall–Kier alpha value is -3.00. The summed E-state index contributed by atoms with van der Waals surface area (Å²) in [6, 6.07) is 13.2. The van der Waals surface area contributed by atoms with Crippen molar-refractivity contribution < 1.29 is 19.1 Å². The molecule has 1 aliphatic rings. The molecule has 2 N–H and O–H groups in total. The van der Waals surface area contributed by atoms with Crippen LogP contribution >= 0.6 is 12.6 Å². The van der Waals surface area contributed by atoms with Crippen LogP contribution in [0.4, 0.5) is 10.5 Å². The molecule has 2 aromatic rings. The lowest BCUT2D eigenvalue weighted by atomic mass is 10.0. The van der Waals surface area contributed by atoms with Gasteiger partial charge in [0.1, 0.15) is 17.7 Å². The Bertz CT molecular complexity index is 1060. The number of amides is 3. The van der Waals surface area contributed by atoms with Crippen molar-refractivity contribution >= 4 is 36.2 Å². The predicted molar refractivity (Wildman–Crippen MR) is 141 cm³/mol. The molecular formula is C27H35N3O4S. The molecule has 0 saturated heterocycles. The monoisotopic (exact) mass is 497 g/mol. The normalized spacial score (nSPS) is 15.0. The lowest BCUT2D eigenvalue weighted by Gasteiger charge is -2.34. The Morgan fingerprint density at radius 2 is 1.69 bits per heavy atom. The van der Waals surface area contributed by atoms with Crippen LogP contribution in [0.15, 0.2) is 48.5 Å². The quantitative estimate of drug-likeness (QED) is 0.457. The summed E-state index contributed by atoms with van der Waals surface area (Å²) in [5.41, 5.74) is 2.67. The summed E-state index contributed by atoms with van der Waals surface area (Å²) < 4.78 is 5.34. The van der Waals surface area contributed by atoms with E-state index in [2.05, 4.69) is 23.3 Å². The van der Waals surface area contributed by atoms with Crippen molar-refractivity contribution in [2.45, 2.75) is 71.2 Å². The Balaban J connectivity index is 1.94. The zero-order chi connectivity index (χ0) is 25.8. The van der Waals surface area contributed by atoms with Gasteiger partial charge in [0.05, 0.1) is 0 Å². The van der Waals surface area contributed by atoms with E-state index >= 15 is 0 Å². The second kappa shape index (κ2) is 11.2. The molecule has 35 heavy (non-hydrogen) atoms. The first-order valence-electron chi connectivity index (χ1n) is 11.9. The van der Waals surface area contributed by atoms with E-state index in [1.807, 2.05) is 62.4 Å². The van der Waals surface area contributed by atoms with Gasteiger partial charge in [0.2, 0.25) is 5.91 Å². The van der Waals surface area contributed by atoms with Gasteiger partial charge in [0.25, 0.3) is 5.91 Å². The van der Waals surface area contributed by atoms with E-state index in [9.17, 15) is 14.4 Å². The van der Waals surface area contributed by atoms with Crippen molar-refractivity contribution in [2.75, 3.05) is 11.1 Å². The largest absolute Gasteiger partial charge is 0.444 e. The summed E-state index contributed by atoms with van der Waals surface area (Å²) in [4.78, 5) is 41.5. The Morgan fingerprint density at radius 3 is 2.23 bits per heavy atom. The molecule has 3 rings (SSSR count). The van der Waals surface area contributed by atoms with Gasteiger partial charge in [-0.2, -0.15) is 12.6 Å². The van der Waals surface area contributed by atoms with Crippen molar-refractivity contribution in [1.82, 2.24) is 10.2 Å². The molecule has 2 aromatic carbocycles. The number of hydrogen-bond donors (Lipinski definition) is 3. The molecule has 1 fully saturated rings. The topological polar surface area (TPSA) is 87.7 Å². The van der Waals surface area contributed by atoms with E-state index in [-0.39, 0.29) is 23.6 Å². The van der Waals surface area contributed by atoms with Gasteiger partial charge in [-0.3, -0.25) is 9.59 Å². The second-order valence-corrected chi connectivity index (χ2v) is 10.3. The van der Waals surface area contributed by atoms with Gasteiger partial charge < -0.3 is 20.3 Å². The molecule has 1 aliphatic carbocycles. The van der Waals surface area contributed by atoms with Gasteiger partial charge in [-0.15, -0.1) is 0 Å². The first-order valence-corrected chi connectivity index (χ1v) is 12.5. The van der Waals surface area contributed by atoms with Crippen LogP contribution < -0.4 is 10.6 Å². The van der Waals surface area contributed by atoms with Crippen LogP contribution in [0.2, 0.25) is 0 Å². The molecule has 2 unspecified atom stereocenters. The number of rotatable bonds is 8. The first-order chi connectivity index (χ1) is 16.5. The molecular weight excluding hydrogens is 462 g/mol. The molecule has 0 spiro atoms. The molecule has 188 valence electrons. The maximum Gasteiger partial charge on any atom is 0.408 e. The van der Waals surface area contributed by atoms with Crippen LogP contribution in [0.3, 0.4) is 0 Å². The summed E-state index contributed by atoms with van der Waals surface area (Å²) >= 11 is 4.32. The lowest BCUT2D eigenvalue weighted by Crippen LogP contribution is -2.54. The number of benzene rings is 2. The zero-order valence-electron chi connectivity index (χ0n) is 21.0. The third kappa shape index (κ3) is 7.24. The highest BCUT2D eigenvalue weighted by molar-refractivity contribution is 7.80. The van der Waals surface area contributed by atoms with Gasteiger partial charge in [0, 0.05) is 17.5 Å². The Labute approximate surface area is 213 Å². The van der Waals surface area contributed by atoms with Gasteiger partial charge in [0.15, 0.2) is 0 Å². The highest BCUT2D eigenvalue weighted by Crippen LogP contribution is 2.36. The molecule has 0 bridgehead atoms. The summed E-state index contributed by atoms with van der Waals surface area (Å²) in [5.74, 6) is -0.598. The third-order valence-electron chi connectivity index (χ3n) is 5.69. The summed E-state index contributed by atoms with van der Waals surface area (Å²) in [5, 5.41) is 5.65. The van der Waals surface area contributed by atoms with Gasteiger partial charge in [-0.1, -0.05) is 48.0 Å². The zero-order valence-corrected chi connectivity index (χ0v) is 21.9. The number of carbonyl (C=O) groups excluding carboxylic acids is 3. The molecule has 0 aromatic heterocycles. The molecule has 0 aliphatic heterocycles. The standard InChI is InChI=1S/C27H35N3O4S/c1-17-10-12-19(13-11-17)23(24(31)28-21-9-7-6-8-18(21)2)30(20-14-15-20)25(32)22(16-35)29-26(33)34-27(3,4)5/h6-13,20,22-23,35H,14-16H2,1-5H3,(H,28,31)(H,29,33). The van der Waals surface area contributed by atoms with Crippen LogP contribution in [0, 0.1) is 13.8 Å². The van der Waals surface area contributed by atoms with Gasteiger partial charge >= 0.3 is 6.09 Å². The number of carbonyl (C=O) groups is 3. The van der Waals surface area contributed by atoms with E-state index in [1.54, 1.807) is 25.7 Å². The maximum atomic E-state index is 13.8. The molecule has 8 heteroatoms. The van der Waals surface area contributed by atoms with E-state index in [4.69, 9.17) is 4.74 Å². The van der Waals surface area contributed by atoms with Gasteiger partial charge in [-0.05, 0) is 64.7 Å². The van der Waals surface area contributed by atoms with Crippen molar-refractivity contribution in [3.63, 3.8) is 0 Å². The maximum absolute atomic E-state index is 13.8. The fourth-order valence-corrected chi connectivity index (χ4v) is 4.03. The van der Waals surface area contributed by atoms with Gasteiger partial charge in [-0.25, -0.2) is 4.79 Å². The van der Waals surface area contributed by atoms with Crippen molar-refractivity contribution in [3.8, 4) is 0 Å². The minimum Gasteiger partial charge on any atom is -0.444 e. The fourth-order valence-electron chi connectivity index (χ4n) is 3.79. The number of ether oxygens (including phenoxy) is 1. The third-order valence-corrected chi connectivity index (χ3v) is 6.05. The number of nitrogens with zero attached hydrogens (tertiary/aromatic N) is 1. The van der Waals surface area contributed by atoms with Crippen LogP contribution in [0.1, 0.15) is 56.3 Å². The molecule has 7 nitrogen and oxygen atoms in total. The van der Waals surface area contributed by atoms with Crippen molar-refractivity contribution in [2.24, 2.45) is 0 Å². The van der Waals surface area contributed by atoms with E-state index < -0.39 is 23.8 Å². The van der Waals surface area contributed by atoms with E-state index in [0.29, 0.717) is 11.3 Å². The minimum absolute atomic E-state index is 0.0708. The fraction of sp³-hybridized carbons (Fsp3) is 0.444. The summed E-state index contributed by atoms with van der Waals surface area (Å²) in [6.45, 7) is 9.15. The Morgan fingerprint density at radius 1 is 1.06 bits per heavy atom. The number of thiol groups is 1. The highest BCUT2D eigenvalue weighted by Gasteiger charge is 2.44. The van der Waals surface area contributed by atoms with E-state index in [0.717, 1.165) is 24.0 Å². The van der Waals surface area contributed by atoms with Crippen LogP contribution in [0.25, 0.3) is 0 Å². The van der Waals surface area contributed by atoms with Crippen LogP contribution in [-0.2, 0) is 14.3 Å². The first kappa shape index (κ1) is 26.6.